The Balaban J connectivity index is 1.97. The van der Waals surface area contributed by atoms with Gasteiger partial charge in [0.1, 0.15) is 12.3 Å². The Kier molecular flexibility index (Phi) is 4.03. The molecule has 1 aliphatic heterocycles. The smallest absolute Gasteiger partial charge is 0.355 e. The van der Waals surface area contributed by atoms with E-state index < -0.39 is 42.2 Å². The van der Waals surface area contributed by atoms with Crippen LogP contribution in [0, 0.1) is 6.92 Å². The van der Waals surface area contributed by atoms with Crippen LogP contribution in [0.25, 0.3) is 0 Å². The second-order valence-electron chi connectivity index (χ2n) is 5.46. The van der Waals surface area contributed by atoms with E-state index in [1.165, 1.54) is 10.8 Å². The van der Waals surface area contributed by atoms with E-state index in [1.807, 2.05) is 0 Å². The summed E-state index contributed by atoms with van der Waals surface area (Å²) in [5.41, 5.74) is -0.958. The molecule has 1 fully saturated rings. The molecule has 1 aliphatic rings. The molecule has 1 saturated heterocycles. The van der Waals surface area contributed by atoms with Crippen molar-refractivity contribution in [3.63, 3.8) is 0 Å². The molecule has 11 nitrogen and oxygen atoms in total. The number of ether oxygens (including phenoxy) is 1. The Hall–Kier alpha value is -2.79. The number of aromatic carboxylic acids is 1. The molecular weight excluding hydrogens is 322 g/mol. The van der Waals surface area contributed by atoms with Gasteiger partial charge in [-0.2, -0.15) is 0 Å². The number of hydrogen-bond acceptors (Lipinski definition) is 7. The molecule has 3 N–H and O–H groups in total. The van der Waals surface area contributed by atoms with Crippen molar-refractivity contribution in [2.24, 2.45) is 0 Å². The molecule has 3 rings (SSSR count). The van der Waals surface area contributed by atoms with Gasteiger partial charge >= 0.3 is 11.7 Å². The number of nitrogens with one attached hydrogen (secondary N) is 1. The van der Waals surface area contributed by atoms with Gasteiger partial charge < -0.3 is 14.9 Å². The number of aliphatic hydroxyl groups is 1. The summed E-state index contributed by atoms with van der Waals surface area (Å²) in [7, 11) is 0. The normalized spacial score (nSPS) is 23.5. The second kappa shape index (κ2) is 6.02. The average Bonchev–Trinajstić information content (AvgIpc) is 3.16. The first kappa shape index (κ1) is 16.1. The first-order chi connectivity index (χ1) is 11.4. The van der Waals surface area contributed by atoms with E-state index in [9.17, 15) is 19.5 Å². The highest BCUT2D eigenvalue weighted by atomic mass is 16.5. The number of carboxylic acids is 1. The molecular formula is C13H15N5O6. The first-order valence-corrected chi connectivity index (χ1v) is 7.14. The van der Waals surface area contributed by atoms with Crippen LogP contribution in [0.5, 0.6) is 0 Å². The predicted octanol–water partition coefficient (Wildman–Crippen LogP) is -1.34. The molecule has 0 radical (unpaired) electrons. The molecule has 3 heterocycles. The number of aliphatic hydroxyl groups excluding tert-OH is 1. The maximum absolute atomic E-state index is 12.0. The lowest BCUT2D eigenvalue weighted by Gasteiger charge is -2.16. The van der Waals surface area contributed by atoms with Crippen molar-refractivity contribution >= 4 is 5.97 Å². The van der Waals surface area contributed by atoms with Gasteiger partial charge in [0, 0.05) is 18.2 Å². The van der Waals surface area contributed by atoms with Crippen LogP contribution in [0.15, 0.2) is 22.0 Å². The largest absolute Gasteiger partial charge is 0.476 e. The summed E-state index contributed by atoms with van der Waals surface area (Å²) in [4.78, 5) is 36.8. The Morgan fingerprint density at radius 1 is 1.50 bits per heavy atom. The zero-order valence-electron chi connectivity index (χ0n) is 12.6. The minimum Gasteiger partial charge on any atom is -0.476 e. The predicted molar refractivity (Wildman–Crippen MR) is 77.7 cm³/mol. The highest BCUT2D eigenvalue weighted by Gasteiger charge is 2.39. The zero-order valence-corrected chi connectivity index (χ0v) is 12.6. The van der Waals surface area contributed by atoms with E-state index in [0.29, 0.717) is 5.56 Å². The molecule has 128 valence electrons. The number of aromatic nitrogens is 5. The van der Waals surface area contributed by atoms with Crippen molar-refractivity contribution in [3.8, 4) is 0 Å². The van der Waals surface area contributed by atoms with Gasteiger partial charge in [0.05, 0.1) is 18.8 Å². The minimum atomic E-state index is -1.21. The SMILES string of the molecule is Cc1cn([C@H]2C[C@H](n3nncc3C(=O)O)[C@@H](CO)O2)c(=O)[nH]c1=O. The van der Waals surface area contributed by atoms with Crippen LogP contribution in [0.1, 0.15) is 34.7 Å². The highest BCUT2D eigenvalue weighted by Crippen LogP contribution is 2.36. The fourth-order valence-corrected chi connectivity index (χ4v) is 2.75. The van der Waals surface area contributed by atoms with Gasteiger partial charge in [-0.15, -0.1) is 5.10 Å². The molecule has 0 amide bonds. The van der Waals surface area contributed by atoms with E-state index in [2.05, 4.69) is 15.3 Å². The van der Waals surface area contributed by atoms with Crippen LogP contribution >= 0.6 is 0 Å². The lowest BCUT2D eigenvalue weighted by Crippen LogP contribution is -2.33. The highest BCUT2D eigenvalue weighted by molar-refractivity contribution is 5.85. The number of carbonyl (C=O) groups is 1. The van der Waals surface area contributed by atoms with E-state index in [4.69, 9.17) is 9.84 Å². The van der Waals surface area contributed by atoms with Gasteiger partial charge in [0.15, 0.2) is 5.69 Å². The van der Waals surface area contributed by atoms with Crippen LogP contribution in [0.2, 0.25) is 0 Å². The number of carboxylic acid groups (broad SMARTS) is 1. The third-order valence-electron chi connectivity index (χ3n) is 3.95. The fraction of sp³-hybridized carbons (Fsp3) is 0.462. The van der Waals surface area contributed by atoms with Gasteiger partial charge in [-0.05, 0) is 6.92 Å². The molecule has 0 unspecified atom stereocenters. The van der Waals surface area contributed by atoms with Gasteiger partial charge in [-0.1, -0.05) is 5.21 Å². The lowest BCUT2D eigenvalue weighted by molar-refractivity contribution is -0.0325. The van der Waals surface area contributed by atoms with Crippen LogP contribution in [0.3, 0.4) is 0 Å². The van der Waals surface area contributed by atoms with Crippen LogP contribution < -0.4 is 11.2 Å². The quantitative estimate of drug-likeness (QED) is 0.619. The van der Waals surface area contributed by atoms with Gasteiger partial charge in [0.2, 0.25) is 0 Å². The van der Waals surface area contributed by atoms with Gasteiger partial charge in [-0.3, -0.25) is 14.3 Å². The van der Waals surface area contributed by atoms with Crippen molar-refractivity contribution in [3.05, 3.63) is 44.5 Å². The summed E-state index contributed by atoms with van der Waals surface area (Å²) in [5.74, 6) is -1.21. The number of nitrogens with zero attached hydrogens (tertiary/aromatic N) is 4. The van der Waals surface area contributed by atoms with Crippen molar-refractivity contribution in [2.75, 3.05) is 6.61 Å². The topological polar surface area (TPSA) is 152 Å². The van der Waals surface area contributed by atoms with Gasteiger partial charge in [-0.25, -0.2) is 14.3 Å². The van der Waals surface area contributed by atoms with Crippen molar-refractivity contribution in [2.45, 2.75) is 31.7 Å². The monoisotopic (exact) mass is 337 g/mol. The van der Waals surface area contributed by atoms with E-state index >= 15 is 0 Å². The minimum absolute atomic E-state index is 0.146. The molecule has 2 aromatic heterocycles. The molecule has 24 heavy (non-hydrogen) atoms. The van der Waals surface area contributed by atoms with E-state index in [1.54, 1.807) is 6.92 Å². The average molecular weight is 337 g/mol. The van der Waals surface area contributed by atoms with Crippen LogP contribution in [0.4, 0.5) is 0 Å². The summed E-state index contributed by atoms with van der Waals surface area (Å²) < 4.78 is 8.02. The lowest BCUT2D eigenvalue weighted by atomic mass is 10.1. The Morgan fingerprint density at radius 2 is 2.25 bits per heavy atom. The maximum Gasteiger partial charge on any atom is 0.355 e. The van der Waals surface area contributed by atoms with Crippen LogP contribution in [-0.4, -0.2) is 53.4 Å². The molecule has 0 saturated carbocycles. The molecule has 0 bridgehead atoms. The third kappa shape index (κ3) is 2.63. The van der Waals surface area contributed by atoms with Gasteiger partial charge in [0.25, 0.3) is 5.56 Å². The van der Waals surface area contributed by atoms with Crippen molar-refractivity contribution < 1.29 is 19.7 Å². The second-order valence-corrected chi connectivity index (χ2v) is 5.46. The Labute approximate surface area is 134 Å². The van der Waals surface area contributed by atoms with E-state index in [0.717, 1.165) is 10.9 Å². The summed E-state index contributed by atoms with van der Waals surface area (Å²) in [6.07, 6.45) is 1.10. The molecule has 3 atom stereocenters. The molecule has 0 aliphatic carbocycles. The number of H-pyrrole nitrogens is 1. The fourth-order valence-electron chi connectivity index (χ4n) is 2.75. The third-order valence-corrected chi connectivity index (χ3v) is 3.95. The molecule has 2 aromatic rings. The van der Waals surface area contributed by atoms with E-state index in [-0.39, 0.29) is 12.1 Å². The summed E-state index contributed by atoms with van der Waals surface area (Å²) >= 11 is 0. The summed E-state index contributed by atoms with van der Waals surface area (Å²) in [5, 5.41) is 26.0. The maximum atomic E-state index is 12.0. The van der Waals surface area contributed by atoms with Crippen molar-refractivity contribution in [1.82, 2.24) is 24.5 Å². The number of hydrogen-bond donors (Lipinski definition) is 3. The Morgan fingerprint density at radius 3 is 2.92 bits per heavy atom. The summed E-state index contributed by atoms with van der Waals surface area (Å²) in [6.45, 7) is 1.15. The Bertz CT molecular complexity index is 883. The van der Waals surface area contributed by atoms with Crippen molar-refractivity contribution in [1.29, 1.82) is 0 Å². The number of rotatable bonds is 4. The number of aromatic amines is 1. The molecule has 11 heteroatoms. The molecule has 0 aromatic carbocycles. The van der Waals surface area contributed by atoms with Crippen LogP contribution in [-0.2, 0) is 4.74 Å². The number of aryl methyl sites for hydroxylation is 1. The summed E-state index contributed by atoms with van der Waals surface area (Å²) in [6, 6.07) is -0.618. The molecule has 0 spiro atoms. The standard InChI is InChI=1S/C13H15N5O6/c1-6-4-17(13(23)15-11(6)20)10-2-7(9(5-19)24-10)18-8(12(21)22)3-14-16-18/h3-4,7,9-10,19H,2,5H2,1H3,(H,21,22)(H,15,20,23)/t7-,9+,10+/m0/s1. The zero-order chi connectivity index (χ0) is 17.4. The first-order valence-electron chi connectivity index (χ1n) is 7.14.